The first-order valence-corrected chi connectivity index (χ1v) is 23.6. The van der Waals surface area contributed by atoms with Crippen LogP contribution in [-0.4, -0.2) is 102 Å². The molecule has 3 aliphatic heterocycles. The molecule has 8 rings (SSSR count). The molecule has 4 saturated carbocycles. The number of aromatic nitrogens is 2. The molecule has 0 aromatic carbocycles. The van der Waals surface area contributed by atoms with Crippen molar-refractivity contribution < 1.29 is 37.1 Å². The summed E-state index contributed by atoms with van der Waals surface area (Å²) in [5.74, 6) is -3.21. The van der Waals surface area contributed by atoms with Gasteiger partial charge in [-0.1, -0.05) is 45.6 Å². The summed E-state index contributed by atoms with van der Waals surface area (Å²) in [4.78, 5) is 82.5. The Kier molecular flexibility index (Phi) is 11.5. The van der Waals surface area contributed by atoms with Crippen LogP contribution in [0.2, 0.25) is 0 Å². The van der Waals surface area contributed by atoms with Gasteiger partial charge in [-0.15, -0.1) is 6.58 Å². The van der Waals surface area contributed by atoms with Gasteiger partial charge in [-0.05, 0) is 92.8 Å². The monoisotopic (exact) mass is 834 g/mol. The van der Waals surface area contributed by atoms with Gasteiger partial charge in [-0.3, -0.25) is 29.0 Å². The second-order valence-electron chi connectivity index (χ2n) is 19.4. The molecule has 2 N–H and O–H groups in total. The number of nitrogens with zero attached hydrogens (tertiary/aromatic N) is 4. The van der Waals surface area contributed by atoms with Crippen molar-refractivity contribution in [1.82, 2.24) is 29.2 Å². The van der Waals surface area contributed by atoms with Gasteiger partial charge in [0, 0.05) is 69.4 Å². The summed E-state index contributed by atoms with van der Waals surface area (Å²) in [6, 6.07) is -1.63. The smallest absolute Gasteiger partial charge is 0.303 e. The van der Waals surface area contributed by atoms with E-state index in [4.69, 9.17) is 4.74 Å². The number of ether oxygens (including phenoxy) is 1. The Balaban J connectivity index is 1.08. The molecular formula is C44H62N6O8S. The number of nitrogens with one attached hydrogen (secondary N) is 2. The van der Waals surface area contributed by atoms with Crippen LogP contribution in [0.1, 0.15) is 127 Å². The van der Waals surface area contributed by atoms with Gasteiger partial charge >= 0.3 is 10.2 Å². The minimum atomic E-state index is -4.07. The number of rotatable bonds is 15. The number of Topliss-reactive ketones (excluding diaryl/α,β-unsaturated/α-hetero) is 2. The number of amides is 3. The van der Waals surface area contributed by atoms with Crippen LogP contribution in [0.15, 0.2) is 31.2 Å². The zero-order valence-corrected chi connectivity index (χ0v) is 35.6. The van der Waals surface area contributed by atoms with E-state index >= 15 is 4.79 Å². The minimum Gasteiger partial charge on any atom is -0.381 e. The Morgan fingerprint density at radius 3 is 2.24 bits per heavy atom. The number of fused-ring (bicyclic) bond motifs is 1. The van der Waals surface area contributed by atoms with E-state index in [-0.39, 0.29) is 70.0 Å². The number of likely N-dealkylation sites (tertiary alicyclic amines) is 1. The summed E-state index contributed by atoms with van der Waals surface area (Å²) >= 11 is 0. The number of carbonyl (C=O) groups excluding carboxylic acids is 5. The molecule has 0 unspecified atom stereocenters. The van der Waals surface area contributed by atoms with E-state index in [2.05, 4.69) is 40.4 Å². The van der Waals surface area contributed by atoms with Crippen molar-refractivity contribution in [1.29, 1.82) is 0 Å². The lowest BCUT2D eigenvalue weighted by Gasteiger charge is -2.36. The second kappa shape index (κ2) is 16.0. The van der Waals surface area contributed by atoms with Gasteiger partial charge in [0.15, 0.2) is 11.6 Å². The largest absolute Gasteiger partial charge is 0.381 e. The fourth-order valence-electron chi connectivity index (χ4n) is 12.6. The van der Waals surface area contributed by atoms with Crippen LogP contribution >= 0.6 is 0 Å². The molecule has 322 valence electrons. The van der Waals surface area contributed by atoms with Crippen molar-refractivity contribution in [2.45, 2.75) is 129 Å². The average Bonchev–Trinajstić information content (AvgIpc) is 3.68. The van der Waals surface area contributed by atoms with E-state index < -0.39 is 45.4 Å². The Hall–Kier alpha value is -3.56. The Bertz CT molecular complexity index is 1940. The zero-order chi connectivity index (χ0) is 41.8. The molecule has 0 radical (unpaired) electrons. The fraction of sp³-hybridized carbons (Fsp3) is 0.750. The molecule has 3 amide bonds. The minimum absolute atomic E-state index is 0.0103. The topological polar surface area (TPSA) is 185 Å². The summed E-state index contributed by atoms with van der Waals surface area (Å²) in [6.07, 6.45) is 16.7. The molecule has 14 nitrogen and oxygen atoms in total. The maximum Gasteiger partial charge on any atom is 0.303 e. The van der Waals surface area contributed by atoms with E-state index in [0.717, 1.165) is 64.2 Å². The van der Waals surface area contributed by atoms with Gasteiger partial charge in [0.2, 0.25) is 11.8 Å². The van der Waals surface area contributed by atoms with Crippen molar-refractivity contribution >= 4 is 39.5 Å². The predicted molar refractivity (Wildman–Crippen MR) is 217 cm³/mol. The molecule has 0 bridgehead atoms. The molecule has 4 heterocycles. The van der Waals surface area contributed by atoms with Crippen molar-refractivity contribution in [3.8, 4) is 0 Å². The normalized spacial score (nSPS) is 31.3. The van der Waals surface area contributed by atoms with Crippen molar-refractivity contribution in [2.75, 3.05) is 32.8 Å². The van der Waals surface area contributed by atoms with Gasteiger partial charge in [0.1, 0.15) is 5.69 Å². The van der Waals surface area contributed by atoms with Gasteiger partial charge in [-0.25, -0.2) is 9.71 Å². The lowest BCUT2D eigenvalue weighted by atomic mass is 9.73. The molecule has 2 spiro atoms. The van der Waals surface area contributed by atoms with Crippen LogP contribution in [0.25, 0.3) is 0 Å². The number of hydrogen-bond acceptors (Lipinski definition) is 10. The molecule has 59 heavy (non-hydrogen) atoms. The lowest BCUT2D eigenvalue weighted by Crippen LogP contribution is -2.51. The number of allylic oxidation sites excluding steroid dienone is 1. The van der Waals surface area contributed by atoms with Crippen molar-refractivity contribution in [3.63, 3.8) is 0 Å². The Morgan fingerprint density at radius 1 is 0.932 bits per heavy atom. The fourth-order valence-corrected chi connectivity index (χ4v) is 13.9. The molecule has 15 heteroatoms. The third-order valence-electron chi connectivity index (χ3n) is 16.6. The number of ketones is 2. The van der Waals surface area contributed by atoms with Crippen LogP contribution < -0.4 is 10.0 Å². The first-order valence-electron chi connectivity index (χ1n) is 22.2. The summed E-state index contributed by atoms with van der Waals surface area (Å²) in [5, 5.41) is 3.01. The van der Waals surface area contributed by atoms with Crippen LogP contribution in [0, 0.1) is 45.3 Å². The third-order valence-corrected chi connectivity index (χ3v) is 18.1. The van der Waals surface area contributed by atoms with E-state index in [1.165, 1.54) is 22.9 Å². The van der Waals surface area contributed by atoms with E-state index in [0.29, 0.717) is 58.5 Å². The van der Waals surface area contributed by atoms with Crippen LogP contribution in [0.3, 0.4) is 0 Å². The standard InChI is InChI=1S/C44H62N6O8S/c1-4-31-24-42(31,40(55)48-59(56,57)49-19-8-9-20-49)26-36(52)34-25-44(41(2,3)43(44)15-10-16-43)28-50(34)39(54)32(29-13-21-58-22-14-29)23-35(51)37(30-11-6-5-7-12-30)47-38(53)33-27-45-17-18-46-33/h4,17-18,27,29-32,34,37H,1,5-16,19-26,28H2,2-3H3,(H,47,53)(H,48,55)/t31-,32+,34+,37+,42-,44-/m1/s1. The molecule has 7 fully saturated rings. The van der Waals surface area contributed by atoms with Crippen molar-refractivity contribution in [2.24, 2.45) is 45.3 Å². The summed E-state index contributed by atoms with van der Waals surface area (Å²) in [6.45, 7) is 10.4. The summed E-state index contributed by atoms with van der Waals surface area (Å²) in [7, 11) is -4.07. The Labute approximate surface area is 348 Å². The predicted octanol–water partition coefficient (Wildman–Crippen LogP) is 4.56. The zero-order valence-electron chi connectivity index (χ0n) is 34.8. The molecule has 1 aromatic rings. The maximum absolute atomic E-state index is 15.4. The van der Waals surface area contributed by atoms with E-state index in [1.54, 1.807) is 11.0 Å². The Morgan fingerprint density at radius 2 is 1.64 bits per heavy atom. The lowest BCUT2D eigenvalue weighted by molar-refractivity contribution is -0.146. The molecular weight excluding hydrogens is 773 g/mol. The third kappa shape index (κ3) is 7.28. The van der Waals surface area contributed by atoms with Crippen molar-refractivity contribution in [3.05, 3.63) is 36.9 Å². The highest BCUT2D eigenvalue weighted by atomic mass is 32.2. The highest BCUT2D eigenvalue weighted by molar-refractivity contribution is 7.87. The van der Waals surface area contributed by atoms with E-state index in [1.807, 2.05) is 0 Å². The maximum atomic E-state index is 15.4. The number of carbonyl (C=O) groups is 5. The molecule has 3 saturated heterocycles. The second-order valence-corrected chi connectivity index (χ2v) is 21.1. The quantitative estimate of drug-likeness (QED) is 0.238. The SMILES string of the molecule is C=C[C@@H]1C[C@]1(CC(=O)[C@@H]1C[C@@]2(CN1C(=O)[C@@H](CC(=O)[C@@H](NC(=O)c1cnccn1)C1CCCCC1)C1CCOCC1)C(C)(C)C21CCC1)C(=O)NS(=O)(=O)N1CCCC1. The van der Waals surface area contributed by atoms with Gasteiger partial charge < -0.3 is 15.0 Å². The first kappa shape index (κ1) is 42.1. The molecule has 1 aromatic heterocycles. The summed E-state index contributed by atoms with van der Waals surface area (Å²) < 4.78 is 35.8. The van der Waals surface area contributed by atoms with Gasteiger partial charge in [0.25, 0.3) is 5.91 Å². The van der Waals surface area contributed by atoms with Crippen LogP contribution in [0.5, 0.6) is 0 Å². The summed E-state index contributed by atoms with van der Waals surface area (Å²) in [5.41, 5.74) is -1.55. The molecule has 7 aliphatic rings. The van der Waals surface area contributed by atoms with E-state index in [9.17, 15) is 27.6 Å². The first-order chi connectivity index (χ1) is 28.2. The van der Waals surface area contributed by atoms with Crippen LogP contribution in [-0.2, 0) is 34.1 Å². The molecule has 6 atom stereocenters. The molecule has 4 aliphatic carbocycles. The number of hydrogen-bond donors (Lipinski definition) is 2. The average molecular weight is 835 g/mol. The van der Waals surface area contributed by atoms with Crippen LogP contribution in [0.4, 0.5) is 0 Å². The van der Waals surface area contributed by atoms with Gasteiger partial charge in [-0.2, -0.15) is 12.7 Å². The highest BCUT2D eigenvalue weighted by Gasteiger charge is 2.85. The highest BCUT2D eigenvalue weighted by Crippen LogP contribution is 2.88. The van der Waals surface area contributed by atoms with Gasteiger partial charge in [0.05, 0.1) is 23.7 Å².